The van der Waals surface area contributed by atoms with Crippen LogP contribution in [0.15, 0.2) is 204 Å². The average molecular weight is 943 g/mol. The minimum atomic E-state index is 0.240. The summed E-state index contributed by atoms with van der Waals surface area (Å²) >= 11 is 3.61. The lowest BCUT2D eigenvalue weighted by molar-refractivity contribution is 0.593. The van der Waals surface area contributed by atoms with Crippen molar-refractivity contribution in [3.8, 4) is 39.9 Å². The van der Waals surface area contributed by atoms with Gasteiger partial charge in [-0.15, -0.1) is 22.7 Å². The molecule has 2 atom stereocenters. The third kappa shape index (κ3) is 5.76. The van der Waals surface area contributed by atoms with Gasteiger partial charge in [0.1, 0.15) is 11.2 Å². The molecule has 7 heteroatoms. The Morgan fingerprint density at radius 1 is 0.507 bits per heavy atom. The average Bonchev–Trinajstić information content (AvgIpc) is 4.19. The molecule has 16 rings (SSSR count). The van der Waals surface area contributed by atoms with Crippen molar-refractivity contribution in [2.75, 3.05) is 0 Å². The molecule has 0 fully saturated rings. The lowest BCUT2D eigenvalue weighted by Gasteiger charge is -2.30. The summed E-state index contributed by atoms with van der Waals surface area (Å²) < 4.78 is 14.5. The number of furan rings is 1. The van der Waals surface area contributed by atoms with Crippen molar-refractivity contribution in [2.24, 2.45) is 5.92 Å². The van der Waals surface area contributed by atoms with E-state index in [9.17, 15) is 0 Å². The topological polar surface area (TPSA) is 56.7 Å². The molecule has 0 bridgehead atoms. The molecule has 0 aliphatic heterocycles. The number of rotatable bonds is 4. The highest BCUT2D eigenvalue weighted by Gasteiger charge is 2.33. The molecule has 0 radical (unpaired) electrons. The largest absolute Gasteiger partial charge is 0.455 e. The van der Waals surface area contributed by atoms with Crippen molar-refractivity contribution in [3.63, 3.8) is 0 Å². The number of allylic oxidation sites excluding steroid dienone is 5. The Labute approximate surface area is 414 Å². The maximum atomic E-state index is 6.95. The fourth-order valence-corrected chi connectivity index (χ4v) is 14.1. The van der Waals surface area contributed by atoms with Crippen molar-refractivity contribution >= 4 is 123 Å². The van der Waals surface area contributed by atoms with Gasteiger partial charge in [-0.2, -0.15) is 0 Å². The van der Waals surface area contributed by atoms with Crippen LogP contribution in [0.3, 0.4) is 0 Å². The Hall–Kier alpha value is -8.49. The van der Waals surface area contributed by atoms with E-state index < -0.39 is 0 Å². The van der Waals surface area contributed by atoms with Crippen LogP contribution >= 0.6 is 22.7 Å². The quantitative estimate of drug-likeness (QED) is 0.176. The summed E-state index contributed by atoms with van der Waals surface area (Å²) in [7, 11) is 0. The van der Waals surface area contributed by atoms with Gasteiger partial charge in [-0.1, -0.05) is 140 Å². The van der Waals surface area contributed by atoms with E-state index in [4.69, 9.17) is 19.4 Å². The summed E-state index contributed by atoms with van der Waals surface area (Å²) in [6.07, 6.45) is 11.5. The molecule has 0 saturated heterocycles. The van der Waals surface area contributed by atoms with E-state index in [0.717, 1.165) is 55.1 Å². The molecule has 5 nitrogen and oxygen atoms in total. The van der Waals surface area contributed by atoms with Crippen LogP contribution in [-0.4, -0.2) is 19.5 Å². The minimum Gasteiger partial charge on any atom is -0.455 e. The van der Waals surface area contributed by atoms with Crippen molar-refractivity contribution in [2.45, 2.75) is 12.8 Å². The number of benzene rings is 9. The molecule has 332 valence electrons. The highest BCUT2D eigenvalue weighted by Crippen LogP contribution is 2.49. The van der Waals surface area contributed by atoms with Crippen LogP contribution in [0.2, 0.25) is 0 Å². The number of hydrogen-bond acceptors (Lipinski definition) is 6. The highest BCUT2D eigenvalue weighted by molar-refractivity contribution is 7.26. The molecular formula is C64H38N4OS2. The first kappa shape index (κ1) is 39.4. The molecule has 2 aliphatic carbocycles. The van der Waals surface area contributed by atoms with Gasteiger partial charge in [0.15, 0.2) is 17.5 Å². The zero-order valence-electron chi connectivity index (χ0n) is 38.2. The van der Waals surface area contributed by atoms with Crippen LogP contribution in [0.5, 0.6) is 0 Å². The summed E-state index contributed by atoms with van der Waals surface area (Å²) in [4.78, 5) is 16.2. The third-order valence-electron chi connectivity index (χ3n) is 15.2. The molecular weight excluding hydrogens is 905 g/mol. The molecule has 14 aromatic rings. The van der Waals surface area contributed by atoms with E-state index in [2.05, 4.69) is 206 Å². The predicted octanol–water partition coefficient (Wildman–Crippen LogP) is 18.0. The second kappa shape index (κ2) is 14.8. The third-order valence-corrected chi connectivity index (χ3v) is 17.5. The molecule has 0 amide bonds. The molecule has 5 aromatic heterocycles. The second-order valence-corrected chi connectivity index (χ2v) is 21.2. The van der Waals surface area contributed by atoms with Gasteiger partial charge in [-0.3, -0.25) is 0 Å². The SMILES string of the molecule is CC1c2c(c3ccc4ccccc4c3n2-c2ccc3c(c2)cc(-c2nc(-c4ccc5c(c4)sc4ccccc45)nc(-c4ccc5sc6ccccc6c5c4)n2)c2oc4ccccc4c23)C=C2C=CC=CC21. The number of aromatic nitrogens is 4. The van der Waals surface area contributed by atoms with Crippen LogP contribution in [0.1, 0.15) is 24.1 Å². The van der Waals surface area contributed by atoms with E-state index in [-0.39, 0.29) is 11.8 Å². The first-order valence-corrected chi connectivity index (χ1v) is 25.8. The van der Waals surface area contributed by atoms with Crippen LogP contribution in [-0.2, 0) is 0 Å². The van der Waals surface area contributed by atoms with E-state index in [1.165, 1.54) is 78.9 Å². The molecule has 71 heavy (non-hydrogen) atoms. The first-order chi connectivity index (χ1) is 35.1. The van der Waals surface area contributed by atoms with Gasteiger partial charge in [0, 0.05) is 102 Å². The predicted molar refractivity (Wildman–Crippen MR) is 299 cm³/mol. The normalized spacial score (nSPS) is 15.6. The number of hydrogen-bond donors (Lipinski definition) is 0. The van der Waals surface area contributed by atoms with Crippen molar-refractivity contribution in [3.05, 3.63) is 211 Å². The van der Waals surface area contributed by atoms with Crippen molar-refractivity contribution in [1.82, 2.24) is 19.5 Å². The van der Waals surface area contributed by atoms with Crippen molar-refractivity contribution < 1.29 is 4.42 Å². The Morgan fingerprint density at radius 2 is 1.17 bits per heavy atom. The fourth-order valence-electron chi connectivity index (χ4n) is 11.9. The minimum absolute atomic E-state index is 0.240. The summed E-state index contributed by atoms with van der Waals surface area (Å²) in [6, 6.07) is 61.5. The second-order valence-electron chi connectivity index (χ2n) is 19.1. The molecule has 2 unspecified atom stereocenters. The fraction of sp³-hybridized carbons (Fsp3) is 0.0469. The zero-order chi connectivity index (χ0) is 46.5. The Balaban J connectivity index is 0.970. The van der Waals surface area contributed by atoms with E-state index in [1.54, 1.807) is 11.3 Å². The van der Waals surface area contributed by atoms with E-state index in [1.807, 2.05) is 17.4 Å². The van der Waals surface area contributed by atoms with Gasteiger partial charge in [0.25, 0.3) is 0 Å². The summed E-state index contributed by atoms with van der Waals surface area (Å²) in [5.74, 6) is 2.32. The van der Waals surface area contributed by atoms with Crippen LogP contribution in [0, 0.1) is 5.92 Å². The van der Waals surface area contributed by atoms with Crippen molar-refractivity contribution in [1.29, 1.82) is 0 Å². The van der Waals surface area contributed by atoms with Gasteiger partial charge in [0.05, 0.1) is 11.1 Å². The summed E-state index contributed by atoms with van der Waals surface area (Å²) in [5.41, 5.74) is 10.6. The van der Waals surface area contributed by atoms with Gasteiger partial charge in [0.2, 0.25) is 0 Å². The lowest BCUT2D eigenvalue weighted by atomic mass is 9.76. The maximum Gasteiger partial charge on any atom is 0.167 e. The lowest BCUT2D eigenvalue weighted by Crippen LogP contribution is -2.18. The van der Waals surface area contributed by atoms with Gasteiger partial charge >= 0.3 is 0 Å². The molecule has 2 aliphatic rings. The first-order valence-electron chi connectivity index (χ1n) is 24.2. The van der Waals surface area contributed by atoms with Gasteiger partial charge in [-0.25, -0.2) is 15.0 Å². The zero-order valence-corrected chi connectivity index (χ0v) is 39.9. The van der Waals surface area contributed by atoms with Gasteiger partial charge in [-0.05, 0) is 88.5 Å². The monoisotopic (exact) mass is 942 g/mol. The van der Waals surface area contributed by atoms with E-state index >= 15 is 0 Å². The maximum absolute atomic E-state index is 6.95. The molecule has 9 aromatic carbocycles. The molecule has 0 spiro atoms. The number of fused-ring (bicyclic) bond motifs is 17. The molecule has 5 heterocycles. The molecule has 0 N–H and O–H groups in total. The number of para-hydroxylation sites is 1. The number of thiophene rings is 2. The highest BCUT2D eigenvalue weighted by atomic mass is 32.1. The Bertz CT molecular complexity index is 4750. The van der Waals surface area contributed by atoms with Crippen LogP contribution < -0.4 is 0 Å². The number of nitrogens with zero attached hydrogens (tertiary/aromatic N) is 4. The Kier molecular flexibility index (Phi) is 8.19. The standard InChI is InChI=1S/C64H38N4OS2/c1-35-42-14-4-3-13-37(42)31-51-48-27-22-36-12-2-5-15-44(36)60(48)68(59(35)51)41-25-28-43-40(30-41)33-52(61-58(43)49-18-6-9-19-53(49)69-61)64-66-62(38-24-29-56-50(32-38)46-17-8-11-21-55(46)70-56)65-63(67-64)39-23-26-47-45-16-7-10-20-54(45)71-57(47)34-39/h2-35,42H,1H3. The van der Waals surface area contributed by atoms with E-state index in [0.29, 0.717) is 17.5 Å². The van der Waals surface area contributed by atoms with Crippen LogP contribution in [0.25, 0.3) is 141 Å². The molecule has 0 saturated carbocycles. The smallest absolute Gasteiger partial charge is 0.167 e. The van der Waals surface area contributed by atoms with Gasteiger partial charge < -0.3 is 8.98 Å². The summed E-state index contributed by atoms with van der Waals surface area (Å²) in [5, 5.41) is 12.9. The van der Waals surface area contributed by atoms with Crippen LogP contribution in [0.4, 0.5) is 0 Å². The summed E-state index contributed by atoms with van der Waals surface area (Å²) in [6.45, 7) is 2.39. The Morgan fingerprint density at radius 3 is 2.03 bits per heavy atom.